The van der Waals surface area contributed by atoms with Crippen molar-refractivity contribution in [1.29, 1.82) is 0 Å². The van der Waals surface area contributed by atoms with Crippen molar-refractivity contribution >= 4 is 24.0 Å². The Morgan fingerprint density at radius 1 is 0.828 bits per heavy atom. The van der Waals surface area contributed by atoms with Gasteiger partial charge in [0.2, 0.25) is 11.8 Å². The summed E-state index contributed by atoms with van der Waals surface area (Å²) in [6, 6.07) is 14.7. The lowest BCUT2D eigenvalue weighted by atomic mass is 10.0. The van der Waals surface area contributed by atoms with Crippen LogP contribution in [-0.4, -0.2) is 99.2 Å². The largest absolute Gasteiger partial charge is 0.453 e. The molecule has 15 heteroatoms. The first-order valence-corrected chi connectivity index (χ1v) is 20.3. The Kier molecular flexibility index (Phi) is 12.5. The number of likely N-dealkylation sites (tertiary alicyclic amines) is 1. The maximum Gasteiger partial charge on any atom is 0.407 e. The highest BCUT2D eigenvalue weighted by Crippen LogP contribution is 2.38. The molecule has 3 aliphatic heterocycles. The van der Waals surface area contributed by atoms with Gasteiger partial charge in [0.25, 0.3) is 0 Å². The van der Waals surface area contributed by atoms with E-state index in [1.807, 2.05) is 30.6 Å². The zero-order chi connectivity index (χ0) is 40.9. The van der Waals surface area contributed by atoms with E-state index in [1.54, 1.807) is 6.20 Å². The van der Waals surface area contributed by atoms with Crippen molar-refractivity contribution in [2.45, 2.75) is 103 Å². The molecule has 2 aromatic carbocycles. The van der Waals surface area contributed by atoms with E-state index in [0.717, 1.165) is 83.7 Å². The zero-order valence-corrected chi connectivity index (χ0v) is 33.9. The van der Waals surface area contributed by atoms with Crippen LogP contribution >= 0.6 is 0 Å². The molecule has 4 aromatic rings. The summed E-state index contributed by atoms with van der Waals surface area (Å²) in [6.07, 6.45) is 5.75. The number of carbonyl (C=O) groups excluding carboxylic acids is 4. The number of H-pyrrole nitrogens is 2. The lowest BCUT2D eigenvalue weighted by Gasteiger charge is -2.32. The van der Waals surface area contributed by atoms with Crippen LogP contribution in [0.1, 0.15) is 95.1 Å². The van der Waals surface area contributed by atoms with E-state index in [2.05, 4.69) is 69.1 Å². The van der Waals surface area contributed by atoms with Crippen LogP contribution in [0.25, 0.3) is 33.6 Å². The highest BCUT2D eigenvalue weighted by Gasteiger charge is 2.41. The molecule has 4 N–H and O–H groups in total. The lowest BCUT2D eigenvalue weighted by molar-refractivity contribution is -0.137. The first kappa shape index (κ1) is 40.5. The quantitative estimate of drug-likeness (QED) is 0.152. The number of aromatic nitrogens is 4. The number of benzene rings is 2. The molecule has 1 unspecified atom stereocenters. The fraction of sp³-hybridized carbons (Fsp3) is 0.488. The molecule has 5 atom stereocenters. The van der Waals surface area contributed by atoms with Crippen LogP contribution in [0.15, 0.2) is 54.7 Å². The Bertz CT molecular complexity index is 2080. The van der Waals surface area contributed by atoms with E-state index in [1.165, 1.54) is 14.2 Å². The topological polar surface area (TPSA) is 184 Å². The number of amides is 4. The Morgan fingerprint density at radius 2 is 1.52 bits per heavy atom. The van der Waals surface area contributed by atoms with Crippen molar-refractivity contribution in [3.63, 3.8) is 0 Å². The fourth-order valence-corrected chi connectivity index (χ4v) is 8.43. The third-order valence-corrected chi connectivity index (χ3v) is 11.6. The van der Waals surface area contributed by atoms with Gasteiger partial charge in [-0.05, 0) is 74.5 Å². The summed E-state index contributed by atoms with van der Waals surface area (Å²) in [7, 11) is 2.59. The molecule has 7 rings (SSSR count). The summed E-state index contributed by atoms with van der Waals surface area (Å²) in [5.74, 6) is 1.05. The molecule has 0 radical (unpaired) electrons. The van der Waals surface area contributed by atoms with Gasteiger partial charge < -0.3 is 44.6 Å². The third kappa shape index (κ3) is 8.59. The van der Waals surface area contributed by atoms with Gasteiger partial charge in [0, 0.05) is 24.8 Å². The van der Waals surface area contributed by atoms with Gasteiger partial charge in [-0.1, -0.05) is 62.4 Å². The maximum atomic E-state index is 13.8. The van der Waals surface area contributed by atoms with Gasteiger partial charge in [-0.3, -0.25) is 9.59 Å². The van der Waals surface area contributed by atoms with E-state index in [0.29, 0.717) is 32.0 Å². The molecule has 58 heavy (non-hydrogen) atoms. The molecule has 5 heterocycles. The smallest absolute Gasteiger partial charge is 0.407 e. The summed E-state index contributed by atoms with van der Waals surface area (Å²) in [6.45, 7) is 7.31. The van der Waals surface area contributed by atoms with Gasteiger partial charge in [0.1, 0.15) is 23.7 Å². The molecule has 2 fully saturated rings. The number of aromatic amines is 2. The highest BCUT2D eigenvalue weighted by molar-refractivity contribution is 5.87. The first-order valence-electron chi connectivity index (χ1n) is 20.3. The monoisotopic (exact) mass is 794 g/mol. The molecule has 15 nitrogen and oxygen atoms in total. The molecule has 4 amide bonds. The summed E-state index contributed by atoms with van der Waals surface area (Å²) in [4.78, 5) is 72.1. The van der Waals surface area contributed by atoms with Gasteiger partial charge >= 0.3 is 12.2 Å². The average molecular weight is 795 g/mol. The van der Waals surface area contributed by atoms with Crippen molar-refractivity contribution in [3.8, 4) is 33.6 Å². The van der Waals surface area contributed by atoms with Crippen molar-refractivity contribution in [1.82, 2.24) is 40.4 Å². The van der Waals surface area contributed by atoms with Gasteiger partial charge in [0.15, 0.2) is 0 Å². The van der Waals surface area contributed by atoms with Crippen molar-refractivity contribution in [2.75, 3.05) is 27.4 Å². The number of nitrogens with zero attached hydrogens (tertiary/aromatic N) is 4. The summed E-state index contributed by atoms with van der Waals surface area (Å²) >= 11 is 0. The summed E-state index contributed by atoms with van der Waals surface area (Å²) in [5, 5.41) is 5.46. The Labute approximate surface area is 338 Å². The van der Waals surface area contributed by atoms with Gasteiger partial charge in [0.05, 0.1) is 56.2 Å². The molecule has 3 aliphatic rings. The van der Waals surface area contributed by atoms with Crippen molar-refractivity contribution < 1.29 is 33.4 Å². The SMILES string of the molecule is COC(=O)N[C@H]1CCCCOCc2[nH]c(nc2-c2ccc(-c3ccc(-c4cnc([C@@H]5CCC(C)N5C(=O)[C@@H](NC(=O)OC)C(C)C)[nH]4)cc3)cc2)[C@@H]2CCCN2C1=O. The van der Waals surface area contributed by atoms with Crippen LogP contribution in [0.3, 0.4) is 0 Å². The summed E-state index contributed by atoms with van der Waals surface area (Å²) < 4.78 is 15.7. The Balaban J connectivity index is 1.06. The number of alkyl carbamates (subject to hydrolysis) is 2. The number of methoxy groups -OCH3 is 2. The predicted octanol–water partition coefficient (Wildman–Crippen LogP) is 6.66. The molecular formula is C43H54N8O7. The molecule has 0 saturated carbocycles. The molecule has 2 bridgehead atoms. The van der Waals surface area contributed by atoms with E-state index >= 15 is 0 Å². The normalized spacial score (nSPS) is 21.7. The second-order valence-electron chi connectivity index (χ2n) is 15.8. The molecule has 0 spiro atoms. The second kappa shape index (κ2) is 17.8. The third-order valence-electron chi connectivity index (χ3n) is 11.6. The number of carbonyl (C=O) groups is 4. The Hall–Kier alpha value is -5.70. The number of ether oxygens (including phenoxy) is 3. The first-order chi connectivity index (χ1) is 28.1. The van der Waals surface area contributed by atoms with Gasteiger partial charge in [-0.15, -0.1) is 0 Å². The number of nitrogens with one attached hydrogen (secondary N) is 4. The maximum absolute atomic E-state index is 13.8. The zero-order valence-electron chi connectivity index (χ0n) is 33.9. The average Bonchev–Trinajstić information content (AvgIpc) is 4.06. The van der Waals surface area contributed by atoms with Crippen LogP contribution in [0.5, 0.6) is 0 Å². The van der Waals surface area contributed by atoms with Crippen molar-refractivity contribution in [2.24, 2.45) is 5.92 Å². The van der Waals surface area contributed by atoms with Gasteiger partial charge in [-0.25, -0.2) is 19.6 Å². The predicted molar refractivity (Wildman–Crippen MR) is 216 cm³/mol. The van der Waals surface area contributed by atoms with E-state index in [9.17, 15) is 19.2 Å². The summed E-state index contributed by atoms with van der Waals surface area (Å²) in [5.41, 5.74) is 6.51. The molecule has 2 saturated heterocycles. The van der Waals surface area contributed by atoms with Crippen molar-refractivity contribution in [3.05, 3.63) is 72.1 Å². The van der Waals surface area contributed by atoms with E-state index < -0.39 is 24.3 Å². The fourth-order valence-electron chi connectivity index (χ4n) is 8.43. The number of fused-ring (bicyclic) bond motifs is 4. The van der Waals surface area contributed by atoms with Crippen LogP contribution < -0.4 is 10.6 Å². The number of rotatable bonds is 8. The molecule has 308 valence electrons. The minimum Gasteiger partial charge on any atom is -0.453 e. The number of hydrogen-bond donors (Lipinski definition) is 4. The number of imidazole rings is 2. The number of hydrogen-bond acceptors (Lipinski definition) is 9. The Morgan fingerprint density at radius 3 is 2.21 bits per heavy atom. The van der Waals surface area contributed by atoms with Gasteiger partial charge in [-0.2, -0.15) is 0 Å². The van der Waals surface area contributed by atoms with E-state index in [4.69, 9.17) is 24.2 Å². The van der Waals surface area contributed by atoms with E-state index in [-0.39, 0.29) is 35.9 Å². The molecule has 0 aliphatic carbocycles. The molecular weight excluding hydrogens is 741 g/mol. The van der Waals surface area contributed by atoms with Crippen LogP contribution in [0.2, 0.25) is 0 Å². The standard InChI is InChI=1S/C43H54N8O7/c1-25(2)36(49-43(55)57-5)41(53)51-26(3)11-20-35(51)38-44-23-32(45-38)29-16-12-27(13-17-29)28-14-18-30(19-15-28)37-33-24-58-22-7-6-9-31(47-42(54)56-4)40(52)50-21-8-10-34(50)39(46-33)48-37/h12-19,23,25-26,31,34-36H,6-11,20-22,24H2,1-5H3,(H,44,45)(H,46,48)(H,47,54)(H,49,55)/t26?,31-,34-,35-,36-/m0/s1. The van der Waals surface area contributed by atoms with Crippen LogP contribution in [0.4, 0.5) is 9.59 Å². The minimum atomic E-state index is -0.708. The second-order valence-corrected chi connectivity index (χ2v) is 15.8. The van der Waals surface area contributed by atoms with Crippen LogP contribution in [-0.2, 0) is 30.4 Å². The lowest BCUT2D eigenvalue weighted by Crippen LogP contribution is -2.52. The highest BCUT2D eigenvalue weighted by atomic mass is 16.5. The molecule has 2 aromatic heterocycles. The van der Waals surface area contributed by atoms with Crippen LogP contribution in [0, 0.1) is 5.92 Å². The minimum absolute atomic E-state index is 0.00349.